The monoisotopic (exact) mass is 541 g/mol. The van der Waals surface area contributed by atoms with Gasteiger partial charge in [0.15, 0.2) is 17.3 Å². The van der Waals surface area contributed by atoms with Gasteiger partial charge in [0.1, 0.15) is 12.5 Å². The first-order valence-corrected chi connectivity index (χ1v) is 13.9. The Bertz CT molecular complexity index is 1240. The lowest BCUT2D eigenvalue weighted by molar-refractivity contribution is -0.145. The average molecular weight is 542 g/mol. The number of carbonyl (C=O) groups is 2. The van der Waals surface area contributed by atoms with E-state index in [-0.39, 0.29) is 17.7 Å². The van der Waals surface area contributed by atoms with Gasteiger partial charge in [0, 0.05) is 40.1 Å². The van der Waals surface area contributed by atoms with Crippen LogP contribution in [0.2, 0.25) is 5.02 Å². The molecule has 0 saturated heterocycles. The van der Waals surface area contributed by atoms with Crippen LogP contribution < -0.4 is 9.47 Å². The fourth-order valence-corrected chi connectivity index (χ4v) is 5.89. The van der Waals surface area contributed by atoms with Crippen molar-refractivity contribution in [2.45, 2.75) is 38.5 Å². The van der Waals surface area contributed by atoms with Crippen molar-refractivity contribution in [1.29, 1.82) is 0 Å². The van der Waals surface area contributed by atoms with Crippen molar-refractivity contribution in [1.82, 2.24) is 0 Å². The molecular formula is C29H32ClNO5S. The number of halogens is 1. The summed E-state index contributed by atoms with van der Waals surface area (Å²) in [7, 11) is 3.19. The van der Waals surface area contributed by atoms with Crippen LogP contribution in [0.25, 0.3) is 0 Å². The molecule has 1 unspecified atom stereocenters. The van der Waals surface area contributed by atoms with Crippen LogP contribution in [0.5, 0.6) is 11.5 Å². The number of ketones is 1. The number of allylic oxidation sites excluding steroid dienone is 2. The molecule has 2 aromatic rings. The zero-order valence-corrected chi connectivity index (χ0v) is 23.2. The minimum atomic E-state index is -0.676. The maximum absolute atomic E-state index is 13.8. The normalized spacial score (nSPS) is 21.3. The van der Waals surface area contributed by atoms with Gasteiger partial charge in [-0.1, -0.05) is 36.7 Å². The van der Waals surface area contributed by atoms with Crippen molar-refractivity contribution in [3.63, 3.8) is 0 Å². The smallest absolute Gasteiger partial charge is 0.315 e. The number of methoxy groups -OCH3 is 2. The number of thioether (sulfide) groups is 1. The van der Waals surface area contributed by atoms with Crippen molar-refractivity contribution in [3.8, 4) is 11.5 Å². The van der Waals surface area contributed by atoms with Gasteiger partial charge in [-0.15, -0.1) is 0 Å². The highest BCUT2D eigenvalue weighted by molar-refractivity contribution is 7.99. The van der Waals surface area contributed by atoms with E-state index in [1.807, 2.05) is 43.3 Å². The summed E-state index contributed by atoms with van der Waals surface area (Å²) in [6, 6.07) is 13.1. The molecule has 0 saturated carbocycles. The third-order valence-electron chi connectivity index (χ3n) is 6.91. The Balaban J connectivity index is 1.71. The maximum Gasteiger partial charge on any atom is 0.315 e. The molecule has 0 aromatic heterocycles. The molecule has 1 aliphatic heterocycles. The Morgan fingerprint density at radius 1 is 1.08 bits per heavy atom. The van der Waals surface area contributed by atoms with E-state index in [1.54, 1.807) is 32.0 Å². The van der Waals surface area contributed by atoms with E-state index in [4.69, 9.17) is 30.8 Å². The molecule has 37 heavy (non-hydrogen) atoms. The largest absolute Gasteiger partial charge is 0.493 e. The zero-order chi connectivity index (χ0) is 26.5. The van der Waals surface area contributed by atoms with Gasteiger partial charge in [0.2, 0.25) is 0 Å². The molecular weight excluding hydrogens is 510 g/mol. The van der Waals surface area contributed by atoms with Gasteiger partial charge >= 0.3 is 5.97 Å². The molecule has 0 fully saturated rings. The molecule has 6 nitrogen and oxygen atoms in total. The second kappa shape index (κ2) is 12.2. The van der Waals surface area contributed by atoms with Crippen molar-refractivity contribution in [3.05, 3.63) is 69.9 Å². The Morgan fingerprint density at radius 3 is 2.57 bits per heavy atom. The van der Waals surface area contributed by atoms with Crippen LogP contribution in [0.15, 0.2) is 58.7 Å². The van der Waals surface area contributed by atoms with Gasteiger partial charge in [-0.3, -0.25) is 14.6 Å². The van der Waals surface area contributed by atoms with Gasteiger partial charge < -0.3 is 14.2 Å². The van der Waals surface area contributed by atoms with Crippen LogP contribution in [0.1, 0.15) is 49.7 Å². The fourth-order valence-electron chi connectivity index (χ4n) is 5.20. The molecule has 1 heterocycles. The molecule has 8 heteroatoms. The van der Waals surface area contributed by atoms with Crippen molar-refractivity contribution in [2.24, 2.45) is 10.9 Å². The van der Waals surface area contributed by atoms with Gasteiger partial charge in [-0.2, -0.15) is 11.8 Å². The van der Waals surface area contributed by atoms with E-state index in [9.17, 15) is 9.59 Å². The first-order chi connectivity index (χ1) is 17.9. The van der Waals surface area contributed by atoms with Crippen LogP contribution in [-0.2, 0) is 14.3 Å². The van der Waals surface area contributed by atoms with E-state index in [0.717, 1.165) is 28.3 Å². The summed E-state index contributed by atoms with van der Waals surface area (Å²) in [6.07, 6.45) is 0.898. The van der Waals surface area contributed by atoms with Crippen molar-refractivity contribution >= 4 is 40.8 Å². The van der Waals surface area contributed by atoms with Crippen molar-refractivity contribution in [2.75, 3.05) is 32.3 Å². The number of aliphatic imine (C=N–C) groups is 1. The van der Waals surface area contributed by atoms with Crippen LogP contribution in [0, 0.1) is 5.92 Å². The lowest BCUT2D eigenvalue weighted by Gasteiger charge is -2.36. The molecule has 2 aromatic carbocycles. The number of esters is 1. The number of hydrogen-bond donors (Lipinski definition) is 0. The number of rotatable bonds is 9. The number of Topliss-reactive ketones (excluding diaryl/α,β-unsaturated/α-hetero) is 1. The molecule has 4 rings (SSSR count). The van der Waals surface area contributed by atoms with E-state index < -0.39 is 11.8 Å². The second-order valence-electron chi connectivity index (χ2n) is 9.13. The van der Waals surface area contributed by atoms with E-state index in [0.29, 0.717) is 47.3 Å². The van der Waals surface area contributed by atoms with Crippen LogP contribution in [-0.4, -0.2) is 49.8 Å². The molecule has 196 valence electrons. The summed E-state index contributed by atoms with van der Waals surface area (Å²) in [6.45, 7) is 4.24. The van der Waals surface area contributed by atoms with E-state index in [1.165, 1.54) is 0 Å². The van der Waals surface area contributed by atoms with Gasteiger partial charge in [-0.25, -0.2) is 0 Å². The Morgan fingerprint density at radius 2 is 1.86 bits per heavy atom. The molecule has 0 radical (unpaired) electrons. The number of hydrogen-bond acceptors (Lipinski definition) is 7. The standard InChI is InChI=1S/C29H32ClNO5S/c1-5-37-12-11-36-29(33)26-17(2)31-22-14-20(18-9-10-24(34-3)25(16-18)35-4)15-23(32)28(22)27(26)19-7-6-8-21(30)13-19/h6-10,13,16,20,26-27H,5,11-12,14-15H2,1-4H3/t20-,26?,27+/m0/s1. The molecule has 0 spiro atoms. The summed E-state index contributed by atoms with van der Waals surface area (Å²) in [4.78, 5) is 31.9. The van der Waals surface area contributed by atoms with E-state index >= 15 is 0 Å². The lowest BCUT2D eigenvalue weighted by Crippen LogP contribution is -2.38. The fraction of sp³-hybridized carbons (Fsp3) is 0.414. The van der Waals surface area contributed by atoms with Crippen LogP contribution >= 0.6 is 23.4 Å². The SMILES string of the molecule is CCSCCOC(=O)C1C(C)=NC2=C(C(=O)C[C@@H](c3ccc(OC)c(OC)c3)C2)[C@@H]1c1cccc(Cl)c1. The topological polar surface area (TPSA) is 74.2 Å². The van der Waals surface area contributed by atoms with Gasteiger partial charge in [0.05, 0.1) is 14.2 Å². The quantitative estimate of drug-likeness (QED) is 0.277. The second-order valence-corrected chi connectivity index (χ2v) is 11.0. The Kier molecular flexibility index (Phi) is 8.98. The summed E-state index contributed by atoms with van der Waals surface area (Å²) >= 11 is 8.05. The maximum atomic E-state index is 13.8. The highest BCUT2D eigenvalue weighted by atomic mass is 35.5. The Hall–Kier alpha value is -2.77. The first kappa shape index (κ1) is 27.3. The Labute approximate surface area is 227 Å². The highest BCUT2D eigenvalue weighted by Crippen LogP contribution is 2.47. The molecule has 2 aliphatic rings. The third-order valence-corrected chi connectivity index (χ3v) is 8.00. The predicted octanol–water partition coefficient (Wildman–Crippen LogP) is 6.23. The molecule has 3 atom stereocenters. The number of ether oxygens (including phenoxy) is 3. The molecule has 0 bridgehead atoms. The highest BCUT2D eigenvalue weighted by Gasteiger charge is 2.44. The summed E-state index contributed by atoms with van der Waals surface area (Å²) in [5, 5.41) is 0.553. The van der Waals surface area contributed by atoms with Gasteiger partial charge in [0.25, 0.3) is 0 Å². The summed E-state index contributed by atoms with van der Waals surface area (Å²) in [5.41, 5.74) is 3.77. The summed E-state index contributed by atoms with van der Waals surface area (Å²) in [5.74, 6) is 1.35. The lowest BCUT2D eigenvalue weighted by atomic mass is 9.69. The number of benzene rings is 2. The molecule has 0 N–H and O–H groups in total. The third kappa shape index (κ3) is 5.88. The molecule has 1 aliphatic carbocycles. The summed E-state index contributed by atoms with van der Waals surface area (Å²) < 4.78 is 16.5. The predicted molar refractivity (Wildman–Crippen MR) is 148 cm³/mol. The van der Waals surface area contributed by atoms with E-state index in [2.05, 4.69) is 6.92 Å². The zero-order valence-electron chi connectivity index (χ0n) is 21.6. The molecule has 0 amide bonds. The van der Waals surface area contributed by atoms with Crippen LogP contribution in [0.3, 0.4) is 0 Å². The van der Waals surface area contributed by atoms with Crippen LogP contribution in [0.4, 0.5) is 0 Å². The van der Waals surface area contributed by atoms with Gasteiger partial charge in [-0.05, 0) is 60.4 Å². The van der Waals surface area contributed by atoms with Crippen molar-refractivity contribution < 1.29 is 23.8 Å². The average Bonchev–Trinajstić information content (AvgIpc) is 2.89. The number of carbonyl (C=O) groups excluding carboxylic acids is 2. The minimum Gasteiger partial charge on any atom is -0.493 e. The minimum absolute atomic E-state index is 0.0124. The number of nitrogens with zero attached hydrogens (tertiary/aromatic N) is 1. The first-order valence-electron chi connectivity index (χ1n) is 12.4.